The van der Waals surface area contributed by atoms with Crippen LogP contribution in [-0.4, -0.2) is 22.8 Å². The molecular weight excluding hydrogens is 188 g/mol. The van der Waals surface area contributed by atoms with E-state index in [0.29, 0.717) is 13.0 Å². The normalized spacial score (nSPS) is 20.7. The van der Waals surface area contributed by atoms with E-state index in [1.807, 2.05) is 6.92 Å². The van der Waals surface area contributed by atoms with Crippen molar-refractivity contribution in [1.29, 1.82) is 0 Å². The van der Waals surface area contributed by atoms with Gasteiger partial charge in [0.05, 0.1) is 6.20 Å². The van der Waals surface area contributed by atoms with Crippen LogP contribution in [0, 0.1) is 0 Å². The first-order chi connectivity index (χ1) is 6.74. The third kappa shape index (κ3) is 1.36. The maximum absolute atomic E-state index is 12.6. The van der Waals surface area contributed by atoms with Crippen LogP contribution >= 0.6 is 0 Å². The zero-order valence-corrected chi connectivity index (χ0v) is 8.00. The predicted molar refractivity (Wildman–Crippen MR) is 49.8 cm³/mol. The molecule has 1 atom stereocenters. The lowest BCUT2D eigenvalue weighted by atomic mass is 10.1. The van der Waals surface area contributed by atoms with Crippen molar-refractivity contribution in [1.82, 2.24) is 9.78 Å². The Bertz CT molecular complexity index is 322. The quantitative estimate of drug-likeness (QED) is 0.793. The topological polar surface area (TPSA) is 29.9 Å². The maximum atomic E-state index is 12.6. The van der Waals surface area contributed by atoms with Gasteiger partial charge in [0.15, 0.2) is 0 Å². The van der Waals surface area contributed by atoms with Gasteiger partial charge in [-0.2, -0.15) is 5.10 Å². The van der Waals surface area contributed by atoms with Gasteiger partial charge in [0.25, 0.3) is 6.43 Å². The Morgan fingerprint density at radius 1 is 1.71 bits per heavy atom. The molecule has 0 aromatic carbocycles. The summed E-state index contributed by atoms with van der Waals surface area (Å²) in [5, 5.41) is 7.12. The van der Waals surface area contributed by atoms with E-state index in [2.05, 4.69) is 10.4 Å². The van der Waals surface area contributed by atoms with Crippen molar-refractivity contribution in [2.24, 2.45) is 0 Å². The number of halogens is 2. The van der Waals surface area contributed by atoms with Crippen LogP contribution in [-0.2, 0) is 6.42 Å². The van der Waals surface area contributed by atoms with Gasteiger partial charge >= 0.3 is 0 Å². The molecule has 3 nitrogen and oxygen atoms in total. The first kappa shape index (κ1) is 9.43. The van der Waals surface area contributed by atoms with Crippen LogP contribution in [0.15, 0.2) is 6.20 Å². The summed E-state index contributed by atoms with van der Waals surface area (Å²) in [7, 11) is 0. The minimum atomic E-state index is -2.33. The summed E-state index contributed by atoms with van der Waals surface area (Å²) in [5.41, 5.74) is 1.01. The molecule has 0 saturated carbocycles. The molecule has 0 fully saturated rings. The molecule has 1 aromatic heterocycles. The molecule has 5 heteroatoms. The van der Waals surface area contributed by atoms with Crippen LogP contribution in [0.25, 0.3) is 0 Å². The van der Waals surface area contributed by atoms with Crippen molar-refractivity contribution >= 4 is 5.82 Å². The molecule has 1 aliphatic rings. The number of aromatic nitrogens is 2. The van der Waals surface area contributed by atoms with Gasteiger partial charge in [-0.15, -0.1) is 0 Å². The average Bonchev–Trinajstić information content (AvgIpc) is 2.59. The summed E-state index contributed by atoms with van der Waals surface area (Å²) < 4.78 is 26.7. The molecule has 1 N–H and O–H groups in total. The van der Waals surface area contributed by atoms with E-state index in [4.69, 9.17) is 0 Å². The van der Waals surface area contributed by atoms with Crippen molar-refractivity contribution in [2.75, 3.05) is 11.9 Å². The summed E-state index contributed by atoms with van der Waals surface area (Å²) in [5.74, 6) is 0.768. The number of rotatable bonds is 2. The van der Waals surface area contributed by atoms with Crippen molar-refractivity contribution in [3.05, 3.63) is 11.8 Å². The summed E-state index contributed by atoms with van der Waals surface area (Å²) in [6, 6.07) is -0.758. The molecule has 0 spiro atoms. The van der Waals surface area contributed by atoms with Gasteiger partial charge in [0.2, 0.25) is 0 Å². The molecule has 1 aliphatic heterocycles. The molecule has 1 aromatic rings. The molecule has 2 heterocycles. The molecule has 1 unspecified atom stereocenters. The van der Waals surface area contributed by atoms with E-state index in [1.54, 1.807) is 6.20 Å². The average molecular weight is 201 g/mol. The Morgan fingerprint density at radius 3 is 3.14 bits per heavy atom. The Balaban J connectivity index is 2.36. The summed E-state index contributed by atoms with van der Waals surface area (Å²) in [6.07, 6.45) is 0.594. The van der Waals surface area contributed by atoms with E-state index >= 15 is 0 Å². The van der Waals surface area contributed by atoms with Gasteiger partial charge < -0.3 is 5.32 Å². The molecule has 0 saturated heterocycles. The van der Waals surface area contributed by atoms with Gasteiger partial charge in [0, 0.05) is 12.1 Å². The standard InChI is InChI=1S/C9H13F2N3/c1-2-6-5-13-14-7(8(10)11)3-4-12-9(6)14/h5,7-8,12H,2-4H2,1H3. The van der Waals surface area contributed by atoms with Crippen LogP contribution in [0.3, 0.4) is 0 Å². The number of nitrogens with one attached hydrogen (secondary N) is 1. The summed E-state index contributed by atoms with van der Waals surface area (Å²) in [6.45, 7) is 2.60. The van der Waals surface area contributed by atoms with Crippen LogP contribution < -0.4 is 5.32 Å². The van der Waals surface area contributed by atoms with Gasteiger partial charge in [-0.25, -0.2) is 13.5 Å². The number of hydrogen-bond donors (Lipinski definition) is 1. The zero-order chi connectivity index (χ0) is 10.1. The molecule has 0 amide bonds. The lowest BCUT2D eigenvalue weighted by molar-refractivity contribution is 0.0715. The van der Waals surface area contributed by atoms with Gasteiger partial charge in [0.1, 0.15) is 11.9 Å². The van der Waals surface area contributed by atoms with E-state index in [0.717, 1.165) is 17.8 Å². The number of anilines is 1. The van der Waals surface area contributed by atoms with Crippen LogP contribution in [0.1, 0.15) is 24.9 Å². The van der Waals surface area contributed by atoms with E-state index in [1.165, 1.54) is 4.68 Å². The van der Waals surface area contributed by atoms with Gasteiger partial charge in [-0.3, -0.25) is 0 Å². The Hall–Kier alpha value is -1.13. The zero-order valence-electron chi connectivity index (χ0n) is 8.00. The molecule has 14 heavy (non-hydrogen) atoms. The number of aryl methyl sites for hydroxylation is 1. The lowest BCUT2D eigenvalue weighted by Gasteiger charge is -2.25. The highest BCUT2D eigenvalue weighted by Crippen LogP contribution is 2.30. The predicted octanol–water partition coefficient (Wildman–Crippen LogP) is 2.07. The molecule has 2 rings (SSSR count). The van der Waals surface area contributed by atoms with E-state index in [-0.39, 0.29) is 0 Å². The minimum Gasteiger partial charge on any atom is -0.370 e. The number of alkyl halides is 2. The second-order valence-electron chi connectivity index (χ2n) is 3.43. The summed E-state index contributed by atoms with van der Waals surface area (Å²) >= 11 is 0. The molecule has 78 valence electrons. The second kappa shape index (κ2) is 3.55. The van der Waals surface area contributed by atoms with Crippen molar-refractivity contribution in [3.8, 4) is 0 Å². The third-order valence-corrected chi connectivity index (χ3v) is 2.59. The third-order valence-electron chi connectivity index (χ3n) is 2.59. The summed E-state index contributed by atoms with van der Waals surface area (Å²) in [4.78, 5) is 0. The molecule has 0 bridgehead atoms. The fourth-order valence-corrected chi connectivity index (χ4v) is 1.80. The van der Waals surface area contributed by atoms with E-state index in [9.17, 15) is 8.78 Å². The lowest BCUT2D eigenvalue weighted by Crippen LogP contribution is -2.28. The first-order valence-corrected chi connectivity index (χ1v) is 4.82. The first-order valence-electron chi connectivity index (χ1n) is 4.82. The van der Waals surface area contributed by atoms with Crippen LogP contribution in [0.5, 0.6) is 0 Å². The highest BCUT2D eigenvalue weighted by Gasteiger charge is 2.29. The Labute approximate surface area is 81.1 Å². The maximum Gasteiger partial charge on any atom is 0.260 e. The fourth-order valence-electron chi connectivity index (χ4n) is 1.80. The SMILES string of the molecule is CCc1cnn2c1NCCC2C(F)F. The fraction of sp³-hybridized carbons (Fsp3) is 0.667. The highest BCUT2D eigenvalue weighted by molar-refractivity contribution is 5.45. The van der Waals surface area contributed by atoms with Crippen LogP contribution in [0.2, 0.25) is 0 Å². The monoisotopic (exact) mass is 201 g/mol. The molecular formula is C9H13F2N3. The molecule has 0 aliphatic carbocycles. The van der Waals surface area contributed by atoms with Crippen LogP contribution in [0.4, 0.5) is 14.6 Å². The smallest absolute Gasteiger partial charge is 0.260 e. The Kier molecular flexibility index (Phi) is 2.39. The second-order valence-corrected chi connectivity index (χ2v) is 3.43. The van der Waals surface area contributed by atoms with E-state index < -0.39 is 12.5 Å². The number of nitrogens with zero attached hydrogens (tertiary/aromatic N) is 2. The van der Waals surface area contributed by atoms with Gasteiger partial charge in [-0.1, -0.05) is 6.92 Å². The number of hydrogen-bond acceptors (Lipinski definition) is 2. The Morgan fingerprint density at radius 2 is 2.50 bits per heavy atom. The van der Waals surface area contributed by atoms with Crippen molar-refractivity contribution in [2.45, 2.75) is 32.2 Å². The van der Waals surface area contributed by atoms with Gasteiger partial charge in [-0.05, 0) is 12.8 Å². The van der Waals surface area contributed by atoms with Crippen molar-refractivity contribution < 1.29 is 8.78 Å². The molecule has 0 radical (unpaired) electrons. The highest BCUT2D eigenvalue weighted by atomic mass is 19.3. The van der Waals surface area contributed by atoms with Crippen molar-refractivity contribution in [3.63, 3.8) is 0 Å². The number of fused-ring (bicyclic) bond motifs is 1. The minimum absolute atomic E-state index is 0.440. The largest absolute Gasteiger partial charge is 0.370 e.